The summed E-state index contributed by atoms with van der Waals surface area (Å²) in [6.07, 6.45) is -8.12. The Bertz CT molecular complexity index is 1020. The van der Waals surface area contributed by atoms with Gasteiger partial charge in [-0.2, -0.15) is 26.3 Å². The maximum absolute atomic E-state index is 13.2. The lowest BCUT2D eigenvalue weighted by molar-refractivity contribution is -0.142. The Kier molecular flexibility index (Phi) is 9.28. The highest BCUT2D eigenvalue weighted by Gasteiger charge is 2.39. The second-order valence-corrected chi connectivity index (χ2v) is 9.27. The molecule has 0 bridgehead atoms. The van der Waals surface area contributed by atoms with Crippen molar-refractivity contribution in [1.29, 1.82) is 0 Å². The van der Waals surface area contributed by atoms with Gasteiger partial charge in [0.15, 0.2) is 0 Å². The fourth-order valence-electron chi connectivity index (χ4n) is 5.07. The van der Waals surface area contributed by atoms with E-state index in [1.807, 2.05) is 13.8 Å². The number of carbonyl (C=O) groups excluding carboxylic acids is 1. The van der Waals surface area contributed by atoms with Gasteiger partial charge in [-0.25, -0.2) is 0 Å². The minimum absolute atomic E-state index is 0.0633. The smallest absolute Gasteiger partial charge is 0.416 e. The fraction of sp³-hybridized carbons (Fsp3) is 0.519. The molecule has 1 aliphatic heterocycles. The molecule has 2 unspecified atom stereocenters. The SMILES string of the molecule is CCOC(C)C(c1ccc(C(F)(F)F)cc1)N1CC[C@@H](CC(=O)OC)C[C@H]1c1ccc(C(F)(F)F)cc1. The van der Waals surface area contributed by atoms with Gasteiger partial charge in [0.1, 0.15) is 0 Å². The van der Waals surface area contributed by atoms with Crippen LogP contribution in [0.15, 0.2) is 48.5 Å². The highest BCUT2D eigenvalue weighted by atomic mass is 19.4. The van der Waals surface area contributed by atoms with Crippen LogP contribution in [0.1, 0.15) is 67.4 Å². The van der Waals surface area contributed by atoms with E-state index >= 15 is 0 Å². The number of carbonyl (C=O) groups is 1. The molecule has 4 nitrogen and oxygen atoms in total. The number of esters is 1. The Morgan fingerprint density at radius 2 is 1.51 bits per heavy atom. The van der Waals surface area contributed by atoms with Crippen molar-refractivity contribution in [3.63, 3.8) is 0 Å². The minimum atomic E-state index is -4.48. The lowest BCUT2D eigenvalue weighted by Crippen LogP contribution is -2.44. The van der Waals surface area contributed by atoms with Gasteiger partial charge in [-0.3, -0.25) is 9.69 Å². The standard InChI is InChI=1S/C27H31F6NO3/c1-4-37-17(2)25(20-7-11-22(12-8-20)27(31,32)33)34-14-13-18(16-24(35)36-3)15-23(34)19-5-9-21(10-6-19)26(28,29)30/h5-12,17-18,23,25H,4,13-16H2,1-3H3/t17?,18-,23+,25?/m1/s1. The Hall–Kier alpha value is -2.59. The summed E-state index contributed by atoms with van der Waals surface area (Å²) >= 11 is 0. The first-order chi connectivity index (χ1) is 17.3. The first-order valence-corrected chi connectivity index (χ1v) is 12.1. The Morgan fingerprint density at radius 1 is 0.973 bits per heavy atom. The molecule has 1 heterocycles. The Morgan fingerprint density at radius 3 is 2.00 bits per heavy atom. The lowest BCUT2D eigenvalue weighted by Gasteiger charge is -2.46. The van der Waals surface area contributed by atoms with Crippen LogP contribution < -0.4 is 0 Å². The van der Waals surface area contributed by atoms with Crippen LogP contribution in [0.4, 0.5) is 26.3 Å². The van der Waals surface area contributed by atoms with Crippen molar-refractivity contribution in [3.05, 3.63) is 70.8 Å². The van der Waals surface area contributed by atoms with Gasteiger partial charge in [0, 0.05) is 19.1 Å². The summed E-state index contributed by atoms with van der Waals surface area (Å²) in [4.78, 5) is 14.0. The molecule has 2 aromatic rings. The van der Waals surface area contributed by atoms with E-state index in [4.69, 9.17) is 9.47 Å². The molecule has 3 rings (SSSR count). The third-order valence-corrected chi connectivity index (χ3v) is 6.87. The third-order valence-electron chi connectivity index (χ3n) is 6.87. The second kappa shape index (κ2) is 11.9. The number of benzene rings is 2. The normalized spacial score (nSPS) is 20.9. The van der Waals surface area contributed by atoms with E-state index in [1.165, 1.54) is 31.4 Å². The molecule has 4 atom stereocenters. The monoisotopic (exact) mass is 531 g/mol. The van der Waals surface area contributed by atoms with E-state index in [0.29, 0.717) is 37.1 Å². The summed E-state index contributed by atoms with van der Waals surface area (Å²) in [7, 11) is 1.30. The molecule has 0 N–H and O–H groups in total. The summed E-state index contributed by atoms with van der Waals surface area (Å²) in [6, 6.07) is 8.95. The fourth-order valence-corrected chi connectivity index (χ4v) is 5.07. The number of rotatable bonds is 8. The van der Waals surface area contributed by atoms with Crippen molar-refractivity contribution in [3.8, 4) is 0 Å². The zero-order valence-electron chi connectivity index (χ0n) is 20.9. The Balaban J connectivity index is 2.02. The molecular weight excluding hydrogens is 500 g/mol. The lowest BCUT2D eigenvalue weighted by atomic mass is 9.82. The van der Waals surface area contributed by atoms with Crippen LogP contribution in [0.3, 0.4) is 0 Å². The van der Waals surface area contributed by atoms with Crippen LogP contribution >= 0.6 is 0 Å². The van der Waals surface area contributed by atoms with E-state index in [0.717, 1.165) is 24.3 Å². The van der Waals surface area contributed by atoms with Gasteiger partial charge in [0.25, 0.3) is 0 Å². The molecule has 1 fully saturated rings. The molecular formula is C27H31F6NO3. The zero-order chi connectivity index (χ0) is 27.4. The highest BCUT2D eigenvalue weighted by molar-refractivity contribution is 5.69. The van der Waals surface area contributed by atoms with Gasteiger partial charge in [-0.1, -0.05) is 24.3 Å². The van der Waals surface area contributed by atoms with Crippen LogP contribution in [-0.2, 0) is 26.6 Å². The molecule has 37 heavy (non-hydrogen) atoms. The molecule has 0 aliphatic carbocycles. The number of ether oxygens (including phenoxy) is 2. The molecule has 204 valence electrons. The van der Waals surface area contributed by atoms with Crippen molar-refractivity contribution in [1.82, 2.24) is 4.90 Å². The predicted octanol–water partition coefficient (Wildman–Crippen LogP) is 7.21. The largest absolute Gasteiger partial charge is 0.469 e. The number of piperidine rings is 1. The van der Waals surface area contributed by atoms with Crippen LogP contribution in [0.25, 0.3) is 0 Å². The summed E-state index contributed by atoms with van der Waals surface area (Å²) in [5.41, 5.74) is -0.303. The van der Waals surface area contributed by atoms with Gasteiger partial charge < -0.3 is 9.47 Å². The number of alkyl halides is 6. The predicted molar refractivity (Wildman–Crippen MR) is 126 cm³/mol. The summed E-state index contributed by atoms with van der Waals surface area (Å²) in [5, 5.41) is 0. The van der Waals surface area contributed by atoms with Crippen molar-refractivity contribution in [2.75, 3.05) is 20.3 Å². The average Bonchev–Trinajstić information content (AvgIpc) is 2.84. The number of methoxy groups -OCH3 is 1. The van der Waals surface area contributed by atoms with E-state index in [2.05, 4.69) is 4.90 Å². The quantitative estimate of drug-likeness (QED) is 0.267. The molecule has 1 saturated heterocycles. The molecule has 10 heteroatoms. The molecule has 0 saturated carbocycles. The first-order valence-electron chi connectivity index (χ1n) is 12.1. The minimum Gasteiger partial charge on any atom is -0.469 e. The number of halogens is 6. The van der Waals surface area contributed by atoms with Gasteiger partial charge in [-0.15, -0.1) is 0 Å². The van der Waals surface area contributed by atoms with Crippen molar-refractivity contribution >= 4 is 5.97 Å². The maximum Gasteiger partial charge on any atom is 0.416 e. The van der Waals surface area contributed by atoms with Crippen molar-refractivity contribution in [2.24, 2.45) is 5.92 Å². The summed E-state index contributed by atoms with van der Waals surface area (Å²) < 4.78 is 89.8. The van der Waals surface area contributed by atoms with E-state index in [1.54, 1.807) is 0 Å². The average molecular weight is 532 g/mol. The maximum atomic E-state index is 13.2. The highest BCUT2D eigenvalue weighted by Crippen LogP contribution is 2.43. The van der Waals surface area contributed by atoms with Crippen molar-refractivity contribution < 1.29 is 40.6 Å². The summed E-state index contributed by atoms with van der Waals surface area (Å²) in [5.74, 6) is -0.432. The molecule has 1 aliphatic rings. The molecule has 2 aromatic carbocycles. The van der Waals surface area contributed by atoms with Crippen LogP contribution in [-0.4, -0.2) is 37.2 Å². The van der Waals surface area contributed by atoms with Crippen LogP contribution in [0.5, 0.6) is 0 Å². The number of nitrogens with zero attached hydrogens (tertiary/aromatic N) is 1. The Labute approximate surface area is 212 Å². The van der Waals surface area contributed by atoms with Gasteiger partial charge in [-0.05, 0) is 74.5 Å². The van der Waals surface area contributed by atoms with Crippen molar-refractivity contribution in [2.45, 2.75) is 63.7 Å². The second-order valence-electron chi connectivity index (χ2n) is 9.27. The molecule has 0 radical (unpaired) electrons. The van der Waals surface area contributed by atoms with Gasteiger partial charge >= 0.3 is 18.3 Å². The topological polar surface area (TPSA) is 38.8 Å². The van der Waals surface area contributed by atoms with Crippen LogP contribution in [0.2, 0.25) is 0 Å². The van der Waals surface area contributed by atoms with E-state index in [-0.39, 0.29) is 24.3 Å². The summed E-state index contributed by atoms with van der Waals surface area (Å²) in [6.45, 7) is 4.49. The number of likely N-dealkylation sites (tertiary alicyclic amines) is 1. The zero-order valence-corrected chi connectivity index (χ0v) is 20.9. The van der Waals surface area contributed by atoms with Gasteiger partial charge in [0.05, 0.1) is 30.4 Å². The molecule has 0 spiro atoms. The van der Waals surface area contributed by atoms with Gasteiger partial charge in [0.2, 0.25) is 0 Å². The number of hydrogen-bond acceptors (Lipinski definition) is 4. The number of hydrogen-bond donors (Lipinski definition) is 0. The van der Waals surface area contributed by atoms with E-state index < -0.39 is 35.6 Å². The molecule has 0 aromatic heterocycles. The van der Waals surface area contributed by atoms with Crippen LogP contribution in [0, 0.1) is 5.92 Å². The first kappa shape index (κ1) is 29.0. The third kappa shape index (κ3) is 7.25. The van der Waals surface area contributed by atoms with E-state index in [9.17, 15) is 31.1 Å². The molecule has 0 amide bonds.